The highest BCUT2D eigenvalue weighted by atomic mass is 16.3. The molecule has 0 aromatic heterocycles. The van der Waals surface area contributed by atoms with Gasteiger partial charge < -0.3 is 10.4 Å². The van der Waals surface area contributed by atoms with Crippen LogP contribution in [0.3, 0.4) is 0 Å². The highest BCUT2D eigenvalue weighted by Crippen LogP contribution is 2.27. The highest BCUT2D eigenvalue weighted by Gasteiger charge is 2.31. The van der Waals surface area contributed by atoms with E-state index in [0.717, 1.165) is 37.8 Å². The van der Waals surface area contributed by atoms with Crippen molar-refractivity contribution >= 4 is 5.91 Å². The highest BCUT2D eigenvalue weighted by molar-refractivity contribution is 5.83. The van der Waals surface area contributed by atoms with E-state index in [9.17, 15) is 9.90 Å². The van der Waals surface area contributed by atoms with E-state index < -0.39 is 5.60 Å². The van der Waals surface area contributed by atoms with Gasteiger partial charge >= 0.3 is 0 Å². The van der Waals surface area contributed by atoms with E-state index in [1.807, 2.05) is 49.2 Å². The average Bonchev–Trinajstić information content (AvgIpc) is 2.55. The molecule has 0 spiro atoms. The van der Waals surface area contributed by atoms with Gasteiger partial charge in [0.05, 0.1) is 5.60 Å². The zero-order valence-electron chi connectivity index (χ0n) is 13.7. The molecule has 4 heteroatoms. The largest absolute Gasteiger partial charge is 0.388 e. The smallest absolute Gasteiger partial charge is 0.242 e. The van der Waals surface area contributed by atoms with E-state index in [4.69, 9.17) is 0 Å². The summed E-state index contributed by atoms with van der Waals surface area (Å²) in [4.78, 5) is 14.7. The van der Waals surface area contributed by atoms with E-state index in [0.29, 0.717) is 6.54 Å². The van der Waals surface area contributed by atoms with Crippen LogP contribution < -0.4 is 5.32 Å². The monoisotopic (exact) mass is 304 g/mol. The molecule has 0 radical (unpaired) electrons. The Morgan fingerprint density at radius 1 is 1.27 bits per heavy atom. The number of likely N-dealkylation sites (N-methyl/N-ethyl adjacent to an activating group) is 1. The Balaban J connectivity index is 2.03. The number of carbonyl (C=O) groups is 1. The standard InChI is InChI=1S/C18H28N2O2/c1-3-20(2)16(15-10-6-4-7-11-15)17(21)19-14-18(22)12-8-5-9-13-18/h4,6-7,10-11,16,22H,3,5,8-9,12-14H2,1-2H3,(H,19,21). The second-order valence-corrected chi connectivity index (χ2v) is 6.39. The molecule has 1 fully saturated rings. The number of nitrogens with zero attached hydrogens (tertiary/aromatic N) is 1. The van der Waals surface area contributed by atoms with Crippen LogP contribution in [0, 0.1) is 0 Å². The Morgan fingerprint density at radius 2 is 1.91 bits per heavy atom. The van der Waals surface area contributed by atoms with E-state index in [-0.39, 0.29) is 11.9 Å². The minimum absolute atomic E-state index is 0.0328. The number of amides is 1. The van der Waals surface area contributed by atoms with Gasteiger partial charge in [0.25, 0.3) is 0 Å². The minimum Gasteiger partial charge on any atom is -0.388 e. The molecule has 1 aromatic rings. The van der Waals surface area contributed by atoms with Crippen LogP contribution >= 0.6 is 0 Å². The Kier molecular flexibility index (Phi) is 5.98. The lowest BCUT2D eigenvalue weighted by Crippen LogP contribution is -2.47. The van der Waals surface area contributed by atoms with E-state index in [1.165, 1.54) is 6.42 Å². The minimum atomic E-state index is -0.722. The molecule has 1 saturated carbocycles. The van der Waals surface area contributed by atoms with E-state index >= 15 is 0 Å². The van der Waals surface area contributed by atoms with Crippen LogP contribution in [0.15, 0.2) is 30.3 Å². The molecule has 1 aliphatic carbocycles. The summed E-state index contributed by atoms with van der Waals surface area (Å²) in [6.07, 6.45) is 4.84. The summed E-state index contributed by atoms with van der Waals surface area (Å²) >= 11 is 0. The van der Waals surface area contributed by atoms with Gasteiger partial charge in [-0.15, -0.1) is 0 Å². The molecule has 4 nitrogen and oxygen atoms in total. The fourth-order valence-electron chi connectivity index (χ4n) is 3.16. The molecule has 0 aliphatic heterocycles. The van der Waals surface area contributed by atoms with Crippen molar-refractivity contribution < 1.29 is 9.90 Å². The summed E-state index contributed by atoms with van der Waals surface area (Å²) < 4.78 is 0. The van der Waals surface area contributed by atoms with Gasteiger partial charge in [-0.05, 0) is 32.0 Å². The third kappa shape index (κ3) is 4.31. The number of rotatable bonds is 6. The molecular weight excluding hydrogens is 276 g/mol. The predicted octanol–water partition coefficient (Wildman–Crippen LogP) is 2.49. The maximum Gasteiger partial charge on any atom is 0.242 e. The first-order valence-electron chi connectivity index (χ1n) is 8.31. The zero-order chi connectivity index (χ0) is 16.0. The summed E-state index contributed by atoms with van der Waals surface area (Å²) in [6, 6.07) is 9.51. The molecule has 1 aromatic carbocycles. The lowest BCUT2D eigenvalue weighted by molar-refractivity contribution is -0.127. The van der Waals surface area contributed by atoms with Gasteiger partial charge in [-0.1, -0.05) is 56.5 Å². The van der Waals surface area contributed by atoms with Crippen molar-refractivity contribution in [3.63, 3.8) is 0 Å². The summed E-state index contributed by atoms with van der Waals surface area (Å²) in [7, 11) is 1.95. The van der Waals surface area contributed by atoms with Crippen molar-refractivity contribution in [2.24, 2.45) is 0 Å². The molecule has 2 N–H and O–H groups in total. The molecule has 22 heavy (non-hydrogen) atoms. The summed E-state index contributed by atoms with van der Waals surface area (Å²) in [5, 5.41) is 13.5. The SMILES string of the molecule is CCN(C)C(C(=O)NCC1(O)CCCCC1)c1ccccc1. The Labute approximate surface area is 133 Å². The predicted molar refractivity (Wildman–Crippen MR) is 88.5 cm³/mol. The summed E-state index contributed by atoms with van der Waals surface area (Å²) in [5.74, 6) is -0.0328. The molecule has 2 rings (SSSR count). The van der Waals surface area contributed by atoms with Crippen molar-refractivity contribution in [3.8, 4) is 0 Å². The van der Waals surface area contributed by atoms with Gasteiger partial charge in [-0.25, -0.2) is 0 Å². The van der Waals surface area contributed by atoms with Crippen LogP contribution in [0.4, 0.5) is 0 Å². The van der Waals surface area contributed by atoms with Crippen LogP contribution in [-0.4, -0.2) is 41.7 Å². The first-order valence-corrected chi connectivity index (χ1v) is 8.31. The maximum absolute atomic E-state index is 12.7. The van der Waals surface area contributed by atoms with Crippen molar-refractivity contribution in [1.29, 1.82) is 0 Å². The topological polar surface area (TPSA) is 52.6 Å². The van der Waals surface area contributed by atoms with Crippen LogP contribution in [0.25, 0.3) is 0 Å². The molecule has 0 bridgehead atoms. The Morgan fingerprint density at radius 3 is 2.50 bits per heavy atom. The third-order valence-electron chi connectivity index (χ3n) is 4.68. The lowest BCUT2D eigenvalue weighted by atomic mass is 9.85. The van der Waals surface area contributed by atoms with Gasteiger partial charge in [0.1, 0.15) is 6.04 Å². The molecule has 1 atom stereocenters. The van der Waals surface area contributed by atoms with Crippen LogP contribution in [-0.2, 0) is 4.79 Å². The lowest BCUT2D eigenvalue weighted by Gasteiger charge is -2.33. The number of hydrogen-bond donors (Lipinski definition) is 2. The van der Waals surface area contributed by atoms with Gasteiger partial charge in [0.2, 0.25) is 5.91 Å². The van der Waals surface area contributed by atoms with Crippen LogP contribution in [0.1, 0.15) is 50.6 Å². The first-order chi connectivity index (χ1) is 10.6. The number of benzene rings is 1. The second kappa shape index (κ2) is 7.75. The number of nitrogens with one attached hydrogen (secondary N) is 1. The molecule has 0 saturated heterocycles. The summed E-state index contributed by atoms with van der Waals surface area (Å²) in [6.45, 7) is 3.18. The van der Waals surface area contributed by atoms with Gasteiger partial charge in [0.15, 0.2) is 0 Å². The normalized spacial score (nSPS) is 18.9. The fraction of sp³-hybridized carbons (Fsp3) is 0.611. The average molecular weight is 304 g/mol. The maximum atomic E-state index is 12.7. The number of carbonyl (C=O) groups excluding carboxylic acids is 1. The van der Waals surface area contributed by atoms with Gasteiger partial charge in [-0.3, -0.25) is 9.69 Å². The molecular formula is C18H28N2O2. The van der Waals surface area contributed by atoms with Crippen LogP contribution in [0.2, 0.25) is 0 Å². The van der Waals surface area contributed by atoms with Crippen molar-refractivity contribution in [2.75, 3.05) is 20.1 Å². The Hall–Kier alpha value is -1.39. The summed E-state index contributed by atoms with van der Waals surface area (Å²) in [5.41, 5.74) is 0.264. The molecule has 1 amide bonds. The zero-order valence-corrected chi connectivity index (χ0v) is 13.7. The number of aliphatic hydroxyl groups is 1. The molecule has 0 heterocycles. The molecule has 122 valence electrons. The first kappa shape index (κ1) is 17.0. The van der Waals surface area contributed by atoms with E-state index in [1.54, 1.807) is 0 Å². The molecule has 1 aliphatic rings. The van der Waals surface area contributed by atoms with Crippen LogP contribution in [0.5, 0.6) is 0 Å². The number of hydrogen-bond acceptors (Lipinski definition) is 3. The van der Waals surface area contributed by atoms with Crippen molar-refractivity contribution in [3.05, 3.63) is 35.9 Å². The third-order valence-corrected chi connectivity index (χ3v) is 4.68. The van der Waals surface area contributed by atoms with E-state index in [2.05, 4.69) is 5.32 Å². The Bertz CT molecular complexity index is 469. The quantitative estimate of drug-likeness (QED) is 0.849. The van der Waals surface area contributed by atoms with Gasteiger partial charge in [-0.2, -0.15) is 0 Å². The second-order valence-electron chi connectivity index (χ2n) is 6.39. The fourth-order valence-corrected chi connectivity index (χ4v) is 3.16. The van der Waals surface area contributed by atoms with Crippen molar-refractivity contribution in [2.45, 2.75) is 50.7 Å². The van der Waals surface area contributed by atoms with Gasteiger partial charge in [0, 0.05) is 6.54 Å². The van der Waals surface area contributed by atoms with Crippen molar-refractivity contribution in [1.82, 2.24) is 10.2 Å². The molecule has 1 unspecified atom stereocenters.